The van der Waals surface area contributed by atoms with Crippen LogP contribution in [0, 0.1) is 23.7 Å². The van der Waals surface area contributed by atoms with E-state index in [0.717, 1.165) is 33.6 Å². The minimum atomic E-state index is -0.559. The van der Waals surface area contributed by atoms with Crippen molar-refractivity contribution in [3.8, 4) is 0 Å². The molecule has 8 atom stereocenters. The minimum absolute atomic E-state index is 0.0478. The van der Waals surface area contributed by atoms with Gasteiger partial charge in [-0.3, -0.25) is 38.9 Å². The number of likely N-dealkylation sites (tertiary alicyclic amines) is 2. The van der Waals surface area contributed by atoms with Crippen LogP contribution in [0.2, 0.25) is 0 Å². The average molecular weight is 945 g/mol. The van der Waals surface area contributed by atoms with Crippen LogP contribution >= 0.6 is 0 Å². The Hall–Kier alpha value is -7.38. The molecular weight excluding hydrogens is 889 g/mol. The van der Waals surface area contributed by atoms with E-state index in [1.807, 2.05) is 86.7 Å². The zero-order chi connectivity index (χ0) is 48.7. The van der Waals surface area contributed by atoms with Gasteiger partial charge in [0.2, 0.25) is 11.8 Å². The van der Waals surface area contributed by atoms with Gasteiger partial charge in [-0.25, -0.2) is 19.9 Å². The Labute approximate surface area is 404 Å². The van der Waals surface area contributed by atoms with Crippen LogP contribution in [0.25, 0.3) is 12.2 Å². The summed E-state index contributed by atoms with van der Waals surface area (Å²) < 4.78 is 3.60. The zero-order valence-corrected chi connectivity index (χ0v) is 39.0. The van der Waals surface area contributed by atoms with Gasteiger partial charge in [0, 0.05) is 159 Å². The fourth-order valence-electron chi connectivity index (χ4n) is 11.0. The molecule has 360 valence electrons. The van der Waals surface area contributed by atoms with Crippen molar-refractivity contribution in [1.82, 2.24) is 59.5 Å². The van der Waals surface area contributed by atoms with Crippen LogP contribution in [0.3, 0.4) is 0 Å². The quantitative estimate of drug-likeness (QED) is 0.123. The first-order valence-corrected chi connectivity index (χ1v) is 23.5. The molecule has 4 N–H and O–H groups in total. The molecule has 18 heteroatoms. The number of allylic oxidation sites excluding steroid dienone is 2. The third kappa shape index (κ3) is 9.50. The third-order valence-corrected chi connectivity index (χ3v) is 14.1. The number of carbonyl (C=O) groups is 2. The molecule has 0 bridgehead atoms. The van der Waals surface area contributed by atoms with E-state index in [1.165, 1.54) is 12.7 Å². The topological polar surface area (TPSA) is 226 Å². The molecule has 10 heterocycles. The number of amides is 2. The molecule has 70 heavy (non-hydrogen) atoms. The molecule has 0 spiro atoms. The first kappa shape index (κ1) is 47.7. The Morgan fingerprint density at radius 2 is 0.957 bits per heavy atom. The van der Waals surface area contributed by atoms with E-state index >= 15 is 0 Å². The molecule has 0 radical (unpaired) electrons. The van der Waals surface area contributed by atoms with Gasteiger partial charge in [0.15, 0.2) is 0 Å². The smallest absolute Gasteiger partial charge is 0.258 e. The monoisotopic (exact) mass is 944 g/mol. The number of aliphatic hydroxyl groups excluding tert-OH is 2. The highest BCUT2D eigenvalue weighted by atomic mass is 16.3. The van der Waals surface area contributed by atoms with Crippen molar-refractivity contribution in [2.24, 2.45) is 23.7 Å². The Bertz CT molecular complexity index is 2750. The average Bonchev–Trinajstić information content (AvgIpc) is 4.13. The molecule has 6 aromatic heterocycles. The highest BCUT2D eigenvalue weighted by Gasteiger charge is 2.57. The van der Waals surface area contributed by atoms with Crippen LogP contribution in [0.1, 0.15) is 70.7 Å². The molecule has 2 amide bonds. The second kappa shape index (κ2) is 21.5. The summed E-state index contributed by atoms with van der Waals surface area (Å²) in [7, 11) is 0. The normalized spacial score (nSPS) is 23.4. The first-order chi connectivity index (χ1) is 34.2. The lowest BCUT2D eigenvalue weighted by Gasteiger charge is -2.30. The van der Waals surface area contributed by atoms with E-state index in [0.29, 0.717) is 50.4 Å². The Kier molecular flexibility index (Phi) is 14.6. The number of nitrogens with zero attached hydrogens (tertiary/aromatic N) is 10. The van der Waals surface area contributed by atoms with Crippen LogP contribution in [-0.2, 0) is 48.9 Å². The summed E-state index contributed by atoms with van der Waals surface area (Å²) in [6.07, 6.45) is 24.0. The molecule has 0 unspecified atom stereocenters. The molecule has 18 nitrogen and oxygen atoms in total. The maximum absolute atomic E-state index is 13.5. The van der Waals surface area contributed by atoms with Gasteiger partial charge < -0.3 is 30.0 Å². The third-order valence-electron chi connectivity index (χ3n) is 14.1. The van der Waals surface area contributed by atoms with E-state index < -0.39 is 12.1 Å². The summed E-state index contributed by atoms with van der Waals surface area (Å²) in [6, 6.07) is 13.6. The molecular formula is C52H56N12O6. The molecule has 2 saturated heterocycles. The number of hydrogen-bond donors (Lipinski definition) is 4. The van der Waals surface area contributed by atoms with Crippen LogP contribution in [0.15, 0.2) is 133 Å². The van der Waals surface area contributed by atoms with Crippen molar-refractivity contribution in [3.05, 3.63) is 188 Å². The number of rotatable bonds is 14. The molecule has 6 aromatic rings. The lowest BCUT2D eigenvalue weighted by molar-refractivity contribution is -0.128. The van der Waals surface area contributed by atoms with Gasteiger partial charge in [-0.05, 0) is 73.5 Å². The number of aliphatic hydroxyl groups is 2. The molecule has 4 aliphatic heterocycles. The lowest BCUT2D eigenvalue weighted by atomic mass is 9.88. The zero-order valence-electron chi connectivity index (χ0n) is 39.0. The predicted octanol–water partition coefficient (Wildman–Crippen LogP) is 3.09. The van der Waals surface area contributed by atoms with Crippen LogP contribution in [0.5, 0.6) is 0 Å². The summed E-state index contributed by atoms with van der Waals surface area (Å²) in [6.45, 7) is 5.98. The van der Waals surface area contributed by atoms with Crippen molar-refractivity contribution in [3.63, 3.8) is 0 Å². The Balaban J connectivity index is 0.000000174. The van der Waals surface area contributed by atoms with E-state index in [-0.39, 0.29) is 71.9 Å². The number of aromatic nitrogens is 8. The van der Waals surface area contributed by atoms with E-state index in [9.17, 15) is 29.4 Å². The van der Waals surface area contributed by atoms with Gasteiger partial charge in [-0.2, -0.15) is 0 Å². The summed E-state index contributed by atoms with van der Waals surface area (Å²) >= 11 is 0. The molecule has 0 aromatic carbocycles. The number of hydrogen-bond acceptors (Lipinski definition) is 14. The van der Waals surface area contributed by atoms with Gasteiger partial charge in [0.1, 0.15) is 12.7 Å². The maximum Gasteiger partial charge on any atom is 0.258 e. The largest absolute Gasteiger partial charge is 0.396 e. The molecule has 10 rings (SSSR count). The summed E-state index contributed by atoms with van der Waals surface area (Å²) in [5, 5.41) is 27.0. The maximum atomic E-state index is 13.5. The molecule has 2 fully saturated rings. The van der Waals surface area contributed by atoms with Crippen molar-refractivity contribution in [2.75, 3.05) is 13.2 Å². The Morgan fingerprint density at radius 1 is 0.571 bits per heavy atom. The van der Waals surface area contributed by atoms with E-state index in [2.05, 4.69) is 50.3 Å². The summed E-state index contributed by atoms with van der Waals surface area (Å²) in [5.74, 6) is -1.10. The fraction of sp³-hybridized carbons (Fsp3) is 0.346. The highest BCUT2D eigenvalue weighted by Crippen LogP contribution is 2.51. The minimum Gasteiger partial charge on any atom is -0.396 e. The molecule has 0 saturated carbocycles. The first-order valence-electron chi connectivity index (χ1n) is 23.5. The van der Waals surface area contributed by atoms with Crippen LogP contribution < -0.4 is 21.8 Å². The second-order valence-corrected chi connectivity index (χ2v) is 18.0. The standard InChI is InChI=1S/2C26H28N6O3/c2*1-2-3-19-4-5-22-23-20(14-31(22)26(19)35)21(15-33)24(32(23)13-18-10-28-16-29-11-18)25(34)30-12-17-6-8-27-9-7-17/h2*2-11,16,20-21,23-24,33H,12-15H2,1H3,(H,30,34)/b3-2+;3-2-/t2*20-,21-,23+,24-/m00/s1. The fourth-order valence-corrected chi connectivity index (χ4v) is 11.0. The van der Waals surface area contributed by atoms with Crippen LogP contribution in [0.4, 0.5) is 0 Å². The van der Waals surface area contributed by atoms with E-state index in [1.54, 1.807) is 58.7 Å². The highest BCUT2D eigenvalue weighted by molar-refractivity contribution is 5.83. The number of pyridine rings is 4. The molecule has 4 aliphatic rings. The number of fused-ring (bicyclic) bond motifs is 6. The summed E-state index contributed by atoms with van der Waals surface area (Å²) in [5.41, 5.74) is 6.53. The van der Waals surface area contributed by atoms with Crippen molar-refractivity contribution >= 4 is 24.0 Å². The van der Waals surface area contributed by atoms with Gasteiger partial charge in [0.25, 0.3) is 11.1 Å². The van der Waals surface area contributed by atoms with E-state index in [4.69, 9.17) is 0 Å². The van der Waals surface area contributed by atoms with Crippen LogP contribution in [-0.4, -0.2) is 96.2 Å². The van der Waals surface area contributed by atoms with Crippen molar-refractivity contribution in [1.29, 1.82) is 0 Å². The second-order valence-electron chi connectivity index (χ2n) is 18.0. The van der Waals surface area contributed by atoms with Gasteiger partial charge in [-0.15, -0.1) is 0 Å². The predicted molar refractivity (Wildman–Crippen MR) is 259 cm³/mol. The SMILES string of the molecule is C/C=C/c1ccc2n(c1=O)C[C@H]1[C@H](CO)[C@@H](C(=O)NCc3ccncc3)N(Cc3cncnc3)[C@@H]21.C/C=C\c1ccc2n(c1=O)C[C@H]1[C@H](CO)[C@@H](C(=O)NCc3ccncc3)N(Cc3cncnc3)[C@@H]21. The van der Waals surface area contributed by atoms with Gasteiger partial charge >= 0.3 is 0 Å². The van der Waals surface area contributed by atoms with Crippen molar-refractivity contribution < 1.29 is 19.8 Å². The van der Waals surface area contributed by atoms with Crippen molar-refractivity contribution in [2.45, 2.75) is 77.3 Å². The van der Waals surface area contributed by atoms with Gasteiger partial charge in [-0.1, -0.05) is 24.3 Å². The number of carbonyl (C=O) groups excluding carboxylic acids is 2. The number of nitrogens with one attached hydrogen (secondary N) is 2. The Morgan fingerprint density at radius 3 is 1.31 bits per heavy atom. The lowest BCUT2D eigenvalue weighted by Crippen LogP contribution is -2.48. The molecule has 0 aliphatic carbocycles. The summed E-state index contributed by atoms with van der Waals surface area (Å²) in [4.78, 5) is 82.1. The van der Waals surface area contributed by atoms with Gasteiger partial charge in [0.05, 0.1) is 24.2 Å².